The summed E-state index contributed by atoms with van der Waals surface area (Å²) in [5, 5.41) is 14.8. The number of nitrogens with one attached hydrogen (secondary N) is 2. The number of aromatic carboxylic acids is 1. The molecule has 7 nitrogen and oxygen atoms in total. The number of carboxylic acid groups (broad SMARTS) is 1. The summed E-state index contributed by atoms with van der Waals surface area (Å²) in [6.45, 7) is 7.13. The fraction of sp³-hybridized carbons (Fsp3) is 0.318. The first-order valence-electron chi connectivity index (χ1n) is 9.24. The minimum Gasteiger partial charge on any atom is -0.497 e. The van der Waals surface area contributed by atoms with Crippen LogP contribution in [0.1, 0.15) is 45.7 Å². The molecule has 1 atom stereocenters. The predicted molar refractivity (Wildman–Crippen MR) is 111 cm³/mol. The summed E-state index contributed by atoms with van der Waals surface area (Å²) in [7, 11) is 1.54. The third-order valence-corrected chi connectivity index (χ3v) is 4.65. The summed E-state index contributed by atoms with van der Waals surface area (Å²) < 4.78 is 5.08. The van der Waals surface area contributed by atoms with Crippen LogP contribution in [0.15, 0.2) is 36.4 Å². The maximum atomic E-state index is 12.8. The van der Waals surface area contributed by atoms with Gasteiger partial charge in [-0.05, 0) is 61.2 Å². The van der Waals surface area contributed by atoms with E-state index in [4.69, 9.17) is 4.74 Å². The Bertz CT molecular complexity index is 920. The average molecular weight is 398 g/mol. The monoisotopic (exact) mass is 398 g/mol. The van der Waals surface area contributed by atoms with Crippen LogP contribution in [0.25, 0.3) is 0 Å². The highest BCUT2D eigenvalue weighted by molar-refractivity contribution is 6.02. The van der Waals surface area contributed by atoms with Crippen molar-refractivity contribution >= 4 is 23.5 Å². The lowest BCUT2D eigenvalue weighted by atomic mass is 10.0. The van der Waals surface area contributed by atoms with E-state index in [0.717, 1.165) is 5.56 Å². The third-order valence-electron chi connectivity index (χ3n) is 4.65. The number of carbonyl (C=O) groups excluding carboxylic acids is 2. The van der Waals surface area contributed by atoms with E-state index in [-0.39, 0.29) is 17.4 Å². The van der Waals surface area contributed by atoms with Gasteiger partial charge < -0.3 is 20.5 Å². The van der Waals surface area contributed by atoms with E-state index in [0.29, 0.717) is 22.6 Å². The minimum atomic E-state index is -1.06. The zero-order chi connectivity index (χ0) is 21.7. The molecule has 0 saturated heterocycles. The Labute approximate surface area is 170 Å². The van der Waals surface area contributed by atoms with Crippen LogP contribution in [-0.2, 0) is 4.79 Å². The molecule has 0 spiro atoms. The van der Waals surface area contributed by atoms with Crippen LogP contribution >= 0.6 is 0 Å². The summed E-state index contributed by atoms with van der Waals surface area (Å²) in [5.74, 6) is -1.41. The molecule has 0 bridgehead atoms. The van der Waals surface area contributed by atoms with Gasteiger partial charge in [0.25, 0.3) is 5.91 Å². The van der Waals surface area contributed by atoms with Gasteiger partial charge in [0.15, 0.2) is 0 Å². The molecule has 2 aromatic rings. The lowest BCUT2D eigenvalue weighted by molar-refractivity contribution is -0.118. The number of hydrogen-bond donors (Lipinski definition) is 3. The van der Waals surface area contributed by atoms with Crippen LogP contribution in [0, 0.1) is 19.8 Å². The van der Waals surface area contributed by atoms with Gasteiger partial charge in [-0.1, -0.05) is 19.9 Å². The number of anilines is 1. The molecule has 0 aromatic heterocycles. The molecular weight excluding hydrogens is 372 g/mol. The zero-order valence-corrected chi connectivity index (χ0v) is 17.2. The number of rotatable bonds is 7. The number of carboxylic acids is 1. The predicted octanol–water partition coefficient (Wildman–Crippen LogP) is 3.40. The normalized spacial score (nSPS) is 11.7. The molecule has 3 N–H and O–H groups in total. The van der Waals surface area contributed by atoms with E-state index in [1.165, 1.54) is 13.2 Å². The van der Waals surface area contributed by atoms with Gasteiger partial charge >= 0.3 is 5.97 Å². The van der Waals surface area contributed by atoms with E-state index in [1.807, 2.05) is 13.8 Å². The molecule has 29 heavy (non-hydrogen) atoms. The third kappa shape index (κ3) is 5.34. The second-order valence-corrected chi connectivity index (χ2v) is 7.20. The van der Waals surface area contributed by atoms with Gasteiger partial charge in [-0.2, -0.15) is 0 Å². The Balaban J connectivity index is 2.20. The Hall–Kier alpha value is -3.35. The van der Waals surface area contributed by atoms with Gasteiger partial charge in [0.05, 0.1) is 12.7 Å². The lowest BCUT2D eigenvalue weighted by Crippen LogP contribution is -2.47. The fourth-order valence-electron chi connectivity index (χ4n) is 2.93. The van der Waals surface area contributed by atoms with Crippen molar-refractivity contribution in [1.29, 1.82) is 0 Å². The van der Waals surface area contributed by atoms with Gasteiger partial charge in [0, 0.05) is 11.3 Å². The molecule has 0 radical (unpaired) electrons. The van der Waals surface area contributed by atoms with E-state index < -0.39 is 17.9 Å². The molecular formula is C22H26N2O5. The number of aryl methyl sites for hydroxylation is 2. The maximum Gasteiger partial charge on any atom is 0.336 e. The summed E-state index contributed by atoms with van der Waals surface area (Å²) in [6.07, 6.45) is 0. The number of methoxy groups -OCH3 is 1. The van der Waals surface area contributed by atoms with Crippen molar-refractivity contribution in [3.63, 3.8) is 0 Å². The highest BCUT2D eigenvalue weighted by Crippen LogP contribution is 2.22. The number of ether oxygens (including phenoxy) is 1. The molecule has 1 unspecified atom stereocenters. The summed E-state index contributed by atoms with van der Waals surface area (Å²) >= 11 is 0. The minimum absolute atomic E-state index is 0.120. The highest BCUT2D eigenvalue weighted by atomic mass is 16.5. The van der Waals surface area contributed by atoms with Gasteiger partial charge in [-0.25, -0.2) is 4.79 Å². The van der Waals surface area contributed by atoms with Crippen molar-refractivity contribution < 1.29 is 24.2 Å². The van der Waals surface area contributed by atoms with Crippen molar-refractivity contribution in [1.82, 2.24) is 5.32 Å². The Morgan fingerprint density at radius 1 is 1.00 bits per heavy atom. The molecule has 2 aromatic carbocycles. The zero-order valence-electron chi connectivity index (χ0n) is 17.2. The quantitative estimate of drug-likeness (QED) is 0.663. The second kappa shape index (κ2) is 9.23. The lowest BCUT2D eigenvalue weighted by Gasteiger charge is -2.22. The Morgan fingerprint density at radius 3 is 2.14 bits per heavy atom. The topological polar surface area (TPSA) is 105 Å². The molecule has 0 saturated carbocycles. The van der Waals surface area contributed by atoms with E-state index in [9.17, 15) is 19.5 Å². The van der Waals surface area contributed by atoms with Gasteiger partial charge in [-0.3, -0.25) is 9.59 Å². The molecule has 0 fully saturated rings. The largest absolute Gasteiger partial charge is 0.497 e. The van der Waals surface area contributed by atoms with Crippen LogP contribution < -0.4 is 15.4 Å². The first-order valence-corrected chi connectivity index (χ1v) is 9.24. The Morgan fingerprint density at radius 2 is 1.62 bits per heavy atom. The first-order chi connectivity index (χ1) is 13.6. The molecule has 0 aliphatic carbocycles. The Kier molecular flexibility index (Phi) is 6.98. The SMILES string of the molecule is COc1ccc(C(=O)NC(C(=O)Nc2cc(C(=O)O)c(C)cc2C)C(C)C)cc1. The van der Waals surface area contributed by atoms with Crippen LogP contribution in [0.5, 0.6) is 5.75 Å². The molecule has 2 amide bonds. The smallest absolute Gasteiger partial charge is 0.336 e. The van der Waals surface area contributed by atoms with Crippen molar-refractivity contribution in [2.75, 3.05) is 12.4 Å². The molecule has 2 rings (SSSR count). The van der Waals surface area contributed by atoms with Crippen molar-refractivity contribution in [2.45, 2.75) is 33.7 Å². The van der Waals surface area contributed by atoms with Gasteiger partial charge in [0.1, 0.15) is 11.8 Å². The fourth-order valence-corrected chi connectivity index (χ4v) is 2.93. The number of amides is 2. The summed E-state index contributed by atoms with van der Waals surface area (Å²) in [4.78, 5) is 36.8. The van der Waals surface area contributed by atoms with Gasteiger partial charge in [0.2, 0.25) is 5.91 Å². The molecule has 154 valence electrons. The molecule has 0 aliphatic rings. The van der Waals surface area contributed by atoms with E-state index in [2.05, 4.69) is 10.6 Å². The molecule has 0 aliphatic heterocycles. The summed E-state index contributed by atoms with van der Waals surface area (Å²) in [5.41, 5.74) is 2.28. The van der Waals surface area contributed by atoms with E-state index in [1.54, 1.807) is 44.2 Å². The average Bonchev–Trinajstić information content (AvgIpc) is 2.67. The van der Waals surface area contributed by atoms with Gasteiger partial charge in [-0.15, -0.1) is 0 Å². The van der Waals surface area contributed by atoms with Crippen molar-refractivity contribution in [3.05, 3.63) is 58.7 Å². The number of carbonyl (C=O) groups is 3. The molecule has 0 heterocycles. The first kappa shape index (κ1) is 21.9. The van der Waals surface area contributed by atoms with Crippen LogP contribution in [0.2, 0.25) is 0 Å². The second-order valence-electron chi connectivity index (χ2n) is 7.20. The number of benzene rings is 2. The highest BCUT2D eigenvalue weighted by Gasteiger charge is 2.25. The van der Waals surface area contributed by atoms with Crippen LogP contribution in [0.3, 0.4) is 0 Å². The molecule has 7 heteroatoms. The van der Waals surface area contributed by atoms with E-state index >= 15 is 0 Å². The van der Waals surface area contributed by atoms with Crippen molar-refractivity contribution in [2.24, 2.45) is 5.92 Å². The van der Waals surface area contributed by atoms with Crippen LogP contribution in [0.4, 0.5) is 5.69 Å². The summed E-state index contributed by atoms with van der Waals surface area (Å²) in [6, 6.07) is 8.93. The van der Waals surface area contributed by atoms with Crippen molar-refractivity contribution in [3.8, 4) is 5.75 Å². The standard InChI is InChI=1S/C22H26N2O5/c1-12(2)19(24-20(25)15-6-8-16(29-5)9-7-15)21(26)23-18-11-17(22(27)28)13(3)10-14(18)4/h6-12,19H,1-5H3,(H,23,26)(H,24,25)(H,27,28). The maximum absolute atomic E-state index is 12.8. The number of hydrogen-bond acceptors (Lipinski definition) is 4. The van der Waals surface area contributed by atoms with Crippen LogP contribution in [-0.4, -0.2) is 36.0 Å².